The molecule has 0 heterocycles. The van der Waals surface area contributed by atoms with Crippen LogP contribution in [0.25, 0.3) is 0 Å². The summed E-state index contributed by atoms with van der Waals surface area (Å²) in [6.45, 7) is 3.66. The maximum absolute atomic E-state index is 5.99. The van der Waals surface area contributed by atoms with Gasteiger partial charge in [0.1, 0.15) is 0 Å². The molecule has 2 nitrogen and oxygen atoms in total. The molecule has 0 bridgehead atoms. The molecule has 0 saturated heterocycles. The van der Waals surface area contributed by atoms with Crippen molar-refractivity contribution in [2.75, 3.05) is 13.6 Å². The maximum Gasteiger partial charge on any atom is 0.00925 e. The van der Waals surface area contributed by atoms with E-state index in [4.69, 9.17) is 5.73 Å². The average Bonchev–Trinajstić information content (AvgIpc) is 2.41. The van der Waals surface area contributed by atoms with Crippen LogP contribution in [0, 0.1) is 11.8 Å². The first-order valence-corrected chi connectivity index (χ1v) is 8.14. The first kappa shape index (κ1) is 14.3. The van der Waals surface area contributed by atoms with Crippen LogP contribution >= 0.6 is 0 Å². The third-order valence-corrected chi connectivity index (χ3v) is 5.45. The predicted molar refractivity (Wildman–Crippen MR) is 78.6 cm³/mol. The molecule has 0 aromatic heterocycles. The van der Waals surface area contributed by atoms with Crippen LogP contribution in [0.15, 0.2) is 0 Å². The quantitative estimate of drug-likeness (QED) is 0.831. The minimum atomic E-state index is 0.492. The molecule has 0 aliphatic heterocycles. The van der Waals surface area contributed by atoms with Crippen LogP contribution in [0.2, 0.25) is 0 Å². The molecule has 2 heteroatoms. The van der Waals surface area contributed by atoms with Crippen LogP contribution in [0.5, 0.6) is 0 Å². The summed E-state index contributed by atoms with van der Waals surface area (Å²) in [7, 11) is 2.35. The minimum absolute atomic E-state index is 0.492. The Morgan fingerprint density at radius 3 is 2.00 bits per heavy atom. The van der Waals surface area contributed by atoms with Crippen molar-refractivity contribution < 1.29 is 0 Å². The van der Waals surface area contributed by atoms with E-state index in [0.717, 1.165) is 17.9 Å². The molecule has 0 aromatic rings. The highest BCUT2D eigenvalue weighted by molar-refractivity contribution is 4.81. The van der Waals surface area contributed by atoms with E-state index in [0.29, 0.717) is 6.04 Å². The van der Waals surface area contributed by atoms with E-state index >= 15 is 0 Å². The molecule has 0 amide bonds. The van der Waals surface area contributed by atoms with Crippen molar-refractivity contribution in [3.8, 4) is 0 Å². The molecule has 0 unspecified atom stereocenters. The van der Waals surface area contributed by atoms with Gasteiger partial charge in [-0.05, 0) is 70.3 Å². The Hall–Kier alpha value is -0.0800. The Bertz CT molecular complexity index is 225. The Morgan fingerprint density at radius 1 is 0.889 bits per heavy atom. The van der Waals surface area contributed by atoms with Crippen molar-refractivity contribution in [2.45, 2.75) is 76.8 Å². The summed E-state index contributed by atoms with van der Waals surface area (Å²) < 4.78 is 0. The van der Waals surface area contributed by atoms with Crippen molar-refractivity contribution in [3.05, 3.63) is 0 Å². The number of nitrogens with two attached hydrogens (primary N) is 1. The molecule has 2 fully saturated rings. The fourth-order valence-electron chi connectivity index (χ4n) is 3.92. The Kier molecular flexibility index (Phi) is 5.50. The predicted octanol–water partition coefficient (Wildman–Crippen LogP) is 3.40. The van der Waals surface area contributed by atoms with E-state index in [1.165, 1.54) is 64.3 Å². The van der Waals surface area contributed by atoms with Gasteiger partial charge < -0.3 is 10.6 Å². The highest BCUT2D eigenvalue weighted by Gasteiger charge is 2.26. The van der Waals surface area contributed by atoms with Crippen molar-refractivity contribution in [2.24, 2.45) is 17.6 Å². The lowest BCUT2D eigenvalue weighted by atomic mass is 9.82. The molecular formula is C16H32N2. The van der Waals surface area contributed by atoms with Gasteiger partial charge in [-0.15, -0.1) is 0 Å². The molecule has 0 radical (unpaired) electrons. The lowest BCUT2D eigenvalue weighted by molar-refractivity contribution is 0.130. The van der Waals surface area contributed by atoms with Gasteiger partial charge in [0, 0.05) is 18.6 Å². The fraction of sp³-hybridized carbons (Fsp3) is 1.00. The van der Waals surface area contributed by atoms with Crippen LogP contribution in [0.3, 0.4) is 0 Å². The van der Waals surface area contributed by atoms with E-state index in [2.05, 4.69) is 18.9 Å². The minimum Gasteiger partial charge on any atom is -0.328 e. The van der Waals surface area contributed by atoms with Gasteiger partial charge in [0.25, 0.3) is 0 Å². The summed E-state index contributed by atoms with van der Waals surface area (Å²) in [6, 6.07) is 1.36. The molecule has 0 atom stereocenters. The average molecular weight is 252 g/mol. The van der Waals surface area contributed by atoms with Crippen LogP contribution in [-0.2, 0) is 0 Å². The normalized spacial score (nSPS) is 38.0. The van der Waals surface area contributed by atoms with Crippen LogP contribution in [-0.4, -0.2) is 30.6 Å². The van der Waals surface area contributed by atoms with E-state index in [1.54, 1.807) is 0 Å². The number of rotatable bonds is 4. The van der Waals surface area contributed by atoms with E-state index < -0.39 is 0 Å². The molecule has 18 heavy (non-hydrogen) atoms. The molecule has 2 saturated carbocycles. The second-order valence-electron chi connectivity index (χ2n) is 6.80. The summed E-state index contributed by atoms with van der Waals surface area (Å²) in [5.74, 6) is 1.93. The van der Waals surface area contributed by atoms with Gasteiger partial charge in [-0.1, -0.05) is 13.3 Å². The molecule has 2 N–H and O–H groups in total. The zero-order valence-corrected chi connectivity index (χ0v) is 12.4. The molecule has 0 aromatic carbocycles. The van der Waals surface area contributed by atoms with Crippen molar-refractivity contribution in [1.82, 2.24) is 4.90 Å². The third kappa shape index (κ3) is 3.96. The van der Waals surface area contributed by atoms with Gasteiger partial charge in [0.05, 0.1) is 0 Å². The molecule has 106 valence electrons. The molecule has 2 aliphatic carbocycles. The summed E-state index contributed by atoms with van der Waals surface area (Å²) in [4.78, 5) is 2.66. The zero-order valence-electron chi connectivity index (χ0n) is 12.4. The number of nitrogens with zero attached hydrogens (tertiary/aromatic N) is 1. The van der Waals surface area contributed by atoms with Crippen molar-refractivity contribution in [1.29, 1.82) is 0 Å². The summed E-state index contributed by atoms with van der Waals surface area (Å²) in [5.41, 5.74) is 5.99. The van der Waals surface area contributed by atoms with Crippen LogP contribution < -0.4 is 5.73 Å². The van der Waals surface area contributed by atoms with Crippen LogP contribution in [0.1, 0.15) is 64.7 Å². The Labute approximate surface area is 113 Å². The van der Waals surface area contributed by atoms with E-state index in [-0.39, 0.29) is 0 Å². The van der Waals surface area contributed by atoms with Gasteiger partial charge in [0.15, 0.2) is 0 Å². The fourth-order valence-corrected chi connectivity index (χ4v) is 3.92. The summed E-state index contributed by atoms with van der Waals surface area (Å²) in [5, 5.41) is 0. The third-order valence-electron chi connectivity index (χ3n) is 5.45. The monoisotopic (exact) mass is 252 g/mol. The number of hydrogen-bond donors (Lipinski definition) is 1. The molecule has 2 aliphatic rings. The van der Waals surface area contributed by atoms with E-state index in [9.17, 15) is 0 Å². The first-order chi connectivity index (χ1) is 8.69. The van der Waals surface area contributed by atoms with Gasteiger partial charge in [-0.25, -0.2) is 0 Å². The smallest absolute Gasteiger partial charge is 0.00925 e. The first-order valence-electron chi connectivity index (χ1n) is 8.14. The Morgan fingerprint density at radius 2 is 1.44 bits per heavy atom. The molecule has 0 spiro atoms. The van der Waals surface area contributed by atoms with Crippen molar-refractivity contribution >= 4 is 0 Å². The number of hydrogen-bond acceptors (Lipinski definition) is 2. The van der Waals surface area contributed by atoms with Gasteiger partial charge in [0.2, 0.25) is 0 Å². The standard InChI is InChI=1S/C16H32N2/c1-3-13-6-10-16(11-7-13)18(2)12-14-4-8-15(17)9-5-14/h13-16H,3-12,17H2,1-2H3. The van der Waals surface area contributed by atoms with E-state index in [1.807, 2.05) is 0 Å². The zero-order chi connectivity index (χ0) is 13.0. The van der Waals surface area contributed by atoms with Gasteiger partial charge >= 0.3 is 0 Å². The second-order valence-corrected chi connectivity index (χ2v) is 6.80. The molecular weight excluding hydrogens is 220 g/mol. The second kappa shape index (κ2) is 6.91. The van der Waals surface area contributed by atoms with Crippen molar-refractivity contribution in [3.63, 3.8) is 0 Å². The highest BCUT2D eigenvalue weighted by atomic mass is 15.1. The summed E-state index contributed by atoms with van der Waals surface area (Å²) in [6.07, 6.45) is 12.4. The lowest BCUT2D eigenvalue weighted by Crippen LogP contribution is -2.39. The summed E-state index contributed by atoms with van der Waals surface area (Å²) >= 11 is 0. The maximum atomic E-state index is 5.99. The van der Waals surface area contributed by atoms with Gasteiger partial charge in [-0.3, -0.25) is 0 Å². The Balaban J connectivity index is 1.70. The SMILES string of the molecule is CCC1CCC(N(C)CC2CCC(N)CC2)CC1. The van der Waals surface area contributed by atoms with Crippen LogP contribution in [0.4, 0.5) is 0 Å². The van der Waals surface area contributed by atoms with Gasteiger partial charge in [-0.2, -0.15) is 0 Å². The lowest BCUT2D eigenvalue weighted by Gasteiger charge is -2.37. The highest BCUT2D eigenvalue weighted by Crippen LogP contribution is 2.30. The largest absolute Gasteiger partial charge is 0.328 e. The molecule has 2 rings (SSSR count). The topological polar surface area (TPSA) is 29.3 Å².